The van der Waals surface area contributed by atoms with E-state index in [9.17, 15) is 23.3 Å². The van der Waals surface area contributed by atoms with Gasteiger partial charge < -0.3 is 4.74 Å². The molecule has 0 bridgehead atoms. The van der Waals surface area contributed by atoms with Gasteiger partial charge in [0.2, 0.25) is 0 Å². The Morgan fingerprint density at radius 2 is 2.00 bits per heavy atom. The van der Waals surface area contributed by atoms with Gasteiger partial charge in [-0.3, -0.25) is 10.1 Å². The average molecular weight is 300 g/mol. The van der Waals surface area contributed by atoms with Crippen LogP contribution in [0, 0.1) is 10.1 Å². The van der Waals surface area contributed by atoms with E-state index in [0.717, 1.165) is 13.2 Å². The number of alkyl halides is 3. The maximum absolute atomic E-state index is 12.5. The van der Waals surface area contributed by atoms with Gasteiger partial charge in [-0.15, -0.1) is 0 Å². The van der Waals surface area contributed by atoms with Gasteiger partial charge in [-0.1, -0.05) is 0 Å². The van der Waals surface area contributed by atoms with Crippen LogP contribution in [0.3, 0.4) is 0 Å². The van der Waals surface area contributed by atoms with Crippen LogP contribution in [-0.4, -0.2) is 12.0 Å². The molecule has 0 aliphatic carbocycles. The third-order valence-corrected chi connectivity index (χ3v) is 2.58. The van der Waals surface area contributed by atoms with Crippen molar-refractivity contribution in [1.29, 1.82) is 0 Å². The van der Waals surface area contributed by atoms with Crippen LogP contribution in [-0.2, 0) is 6.18 Å². The molecule has 0 aliphatic rings. The summed E-state index contributed by atoms with van der Waals surface area (Å²) in [4.78, 5) is 9.51. The number of non-ortho nitro benzene ring substituents is 1. The molecule has 0 saturated carbocycles. The van der Waals surface area contributed by atoms with E-state index >= 15 is 0 Å². The van der Waals surface area contributed by atoms with Gasteiger partial charge in [0.05, 0.1) is 28.1 Å². The summed E-state index contributed by atoms with van der Waals surface area (Å²) in [5.74, 6) is -0.235. The number of benzene rings is 1. The van der Waals surface area contributed by atoms with Gasteiger partial charge in [0.25, 0.3) is 5.69 Å². The van der Waals surface area contributed by atoms with Crippen molar-refractivity contribution in [2.75, 3.05) is 7.11 Å². The second-order valence-corrected chi connectivity index (χ2v) is 3.56. The van der Waals surface area contributed by atoms with Gasteiger partial charge in [-0.2, -0.15) is 13.2 Å². The molecule has 0 unspecified atom stereocenters. The number of ether oxygens (including phenoxy) is 1. The molecular weight excluding hydrogens is 295 g/mol. The summed E-state index contributed by atoms with van der Waals surface area (Å²) in [5, 5.41) is 10.4. The highest BCUT2D eigenvalue weighted by Crippen LogP contribution is 2.41. The van der Waals surface area contributed by atoms with Gasteiger partial charge in [-0.25, -0.2) is 0 Å². The molecule has 0 saturated heterocycles. The molecule has 0 spiro atoms. The average Bonchev–Trinajstić information content (AvgIpc) is 2.15. The van der Waals surface area contributed by atoms with Crippen molar-refractivity contribution in [3.63, 3.8) is 0 Å². The highest BCUT2D eigenvalue weighted by molar-refractivity contribution is 9.10. The Hall–Kier alpha value is -1.31. The van der Waals surface area contributed by atoms with Crippen molar-refractivity contribution in [3.05, 3.63) is 32.3 Å². The zero-order chi connectivity index (χ0) is 12.5. The fourth-order valence-electron chi connectivity index (χ4n) is 1.04. The number of hydrogen-bond acceptors (Lipinski definition) is 3. The first kappa shape index (κ1) is 12.8. The minimum atomic E-state index is -4.68. The lowest BCUT2D eigenvalue weighted by Crippen LogP contribution is -2.08. The predicted octanol–water partition coefficient (Wildman–Crippen LogP) is 3.38. The molecule has 1 aromatic carbocycles. The molecule has 16 heavy (non-hydrogen) atoms. The van der Waals surface area contributed by atoms with E-state index in [1.54, 1.807) is 0 Å². The van der Waals surface area contributed by atoms with Crippen molar-refractivity contribution < 1.29 is 22.8 Å². The minimum Gasteiger partial charge on any atom is -0.495 e. The van der Waals surface area contributed by atoms with Crippen molar-refractivity contribution in [1.82, 2.24) is 0 Å². The van der Waals surface area contributed by atoms with Crippen molar-refractivity contribution in [2.45, 2.75) is 6.18 Å². The lowest BCUT2D eigenvalue weighted by molar-refractivity contribution is -0.385. The number of methoxy groups -OCH3 is 1. The minimum absolute atomic E-state index is 0.235. The zero-order valence-electron chi connectivity index (χ0n) is 7.84. The van der Waals surface area contributed by atoms with Gasteiger partial charge in [-0.05, 0) is 15.9 Å². The summed E-state index contributed by atoms with van der Waals surface area (Å²) in [6.07, 6.45) is -4.68. The zero-order valence-corrected chi connectivity index (χ0v) is 9.42. The molecule has 8 heteroatoms. The molecule has 0 aliphatic heterocycles. The van der Waals surface area contributed by atoms with Crippen LogP contribution in [0.25, 0.3) is 0 Å². The SMILES string of the molecule is COc1cc([N+](=O)[O-])cc(C(F)(F)F)c1Br. The number of nitrogens with zero attached hydrogens (tertiary/aromatic N) is 1. The topological polar surface area (TPSA) is 52.4 Å². The number of nitro groups is 1. The molecule has 0 amide bonds. The van der Waals surface area contributed by atoms with E-state index in [2.05, 4.69) is 20.7 Å². The maximum atomic E-state index is 12.5. The van der Waals surface area contributed by atoms with Crippen LogP contribution < -0.4 is 4.74 Å². The van der Waals surface area contributed by atoms with Crippen molar-refractivity contribution in [2.24, 2.45) is 0 Å². The van der Waals surface area contributed by atoms with Crippen LogP contribution in [0.15, 0.2) is 16.6 Å². The number of rotatable bonds is 2. The summed E-state index contributed by atoms with van der Waals surface area (Å²) < 4.78 is 41.8. The van der Waals surface area contributed by atoms with Crippen molar-refractivity contribution in [3.8, 4) is 5.75 Å². The fourth-order valence-corrected chi connectivity index (χ4v) is 1.66. The molecule has 0 aromatic heterocycles. The summed E-state index contributed by atoms with van der Waals surface area (Å²) >= 11 is 2.69. The molecule has 0 atom stereocenters. The summed E-state index contributed by atoms with van der Waals surface area (Å²) in [7, 11) is 1.13. The molecule has 88 valence electrons. The van der Waals surface area contributed by atoms with E-state index in [1.165, 1.54) is 0 Å². The van der Waals surface area contributed by atoms with E-state index in [1.807, 2.05) is 0 Å². The second kappa shape index (κ2) is 4.28. The molecule has 1 rings (SSSR count). The Morgan fingerprint density at radius 1 is 1.44 bits per heavy atom. The fraction of sp³-hybridized carbons (Fsp3) is 0.250. The van der Waals surface area contributed by atoms with Crippen LogP contribution in [0.1, 0.15) is 5.56 Å². The molecule has 1 aromatic rings. The summed E-state index contributed by atoms with van der Waals surface area (Å²) in [6, 6.07) is 1.37. The molecular formula is C8H5BrF3NO3. The van der Waals surface area contributed by atoms with Gasteiger partial charge in [0, 0.05) is 6.07 Å². The smallest absolute Gasteiger partial charge is 0.417 e. The number of halogens is 4. The largest absolute Gasteiger partial charge is 0.495 e. The lowest BCUT2D eigenvalue weighted by Gasteiger charge is -2.11. The predicted molar refractivity (Wildman–Crippen MR) is 52.4 cm³/mol. The Bertz CT molecular complexity index is 433. The van der Waals surface area contributed by atoms with Crippen LogP contribution in [0.2, 0.25) is 0 Å². The summed E-state index contributed by atoms with van der Waals surface area (Å²) in [6.45, 7) is 0. The quantitative estimate of drug-likeness (QED) is 0.621. The normalized spacial score (nSPS) is 11.3. The Morgan fingerprint density at radius 3 is 2.38 bits per heavy atom. The Labute approximate surface area is 96.3 Å². The van der Waals surface area contributed by atoms with Crippen LogP contribution in [0.4, 0.5) is 18.9 Å². The molecule has 0 heterocycles. The monoisotopic (exact) mass is 299 g/mol. The number of nitro benzene ring substituents is 1. The highest BCUT2D eigenvalue weighted by Gasteiger charge is 2.36. The third-order valence-electron chi connectivity index (χ3n) is 1.76. The Kier molecular flexibility index (Phi) is 3.41. The van der Waals surface area contributed by atoms with Gasteiger partial charge in [0.1, 0.15) is 5.75 Å². The third kappa shape index (κ3) is 2.43. The van der Waals surface area contributed by atoms with E-state index < -0.39 is 22.4 Å². The first-order chi connectivity index (χ1) is 7.27. The van der Waals surface area contributed by atoms with E-state index in [-0.39, 0.29) is 10.2 Å². The first-order valence-corrected chi connectivity index (χ1v) is 4.65. The number of hydrogen-bond donors (Lipinski definition) is 0. The molecule has 0 N–H and O–H groups in total. The lowest BCUT2D eigenvalue weighted by atomic mass is 10.2. The summed E-state index contributed by atoms with van der Waals surface area (Å²) in [5.41, 5.74) is -1.81. The van der Waals surface area contributed by atoms with E-state index in [0.29, 0.717) is 6.07 Å². The van der Waals surface area contributed by atoms with Crippen LogP contribution >= 0.6 is 15.9 Å². The second-order valence-electron chi connectivity index (χ2n) is 2.76. The molecule has 0 radical (unpaired) electrons. The molecule has 0 fully saturated rings. The van der Waals surface area contributed by atoms with Crippen molar-refractivity contribution >= 4 is 21.6 Å². The van der Waals surface area contributed by atoms with E-state index in [4.69, 9.17) is 0 Å². The standard InChI is InChI=1S/C8H5BrF3NO3/c1-16-6-3-4(13(14)15)2-5(7(6)9)8(10,11)12/h2-3H,1H3. The molecule has 4 nitrogen and oxygen atoms in total. The first-order valence-electron chi connectivity index (χ1n) is 3.86. The van der Waals surface area contributed by atoms with Gasteiger partial charge >= 0.3 is 6.18 Å². The Balaban J connectivity index is 3.48. The van der Waals surface area contributed by atoms with Gasteiger partial charge in [0.15, 0.2) is 0 Å². The van der Waals surface area contributed by atoms with Crippen LogP contribution in [0.5, 0.6) is 5.75 Å². The maximum Gasteiger partial charge on any atom is 0.417 e. The highest BCUT2D eigenvalue weighted by atomic mass is 79.9.